The van der Waals surface area contributed by atoms with Crippen LogP contribution in [0.3, 0.4) is 0 Å². The second-order valence-corrected chi connectivity index (χ2v) is 16.0. The smallest absolute Gasteiger partial charge is 0.329 e. The van der Waals surface area contributed by atoms with Gasteiger partial charge in [0.2, 0.25) is 29.5 Å². The van der Waals surface area contributed by atoms with Crippen LogP contribution in [0.4, 0.5) is 19.3 Å². The largest absolute Gasteiger partial charge is 0.497 e. The number of methoxy groups -OCH3 is 1. The summed E-state index contributed by atoms with van der Waals surface area (Å²) in [6.45, 7) is 4.65. The highest BCUT2D eigenvalue weighted by molar-refractivity contribution is 5.99. The fraction of sp³-hybridized carbons (Fsp3) is 0.537. The summed E-state index contributed by atoms with van der Waals surface area (Å²) in [5.74, 6) is -6.14. The average Bonchev–Trinajstić information content (AvgIpc) is 3.80. The van der Waals surface area contributed by atoms with E-state index in [-0.39, 0.29) is 50.4 Å². The van der Waals surface area contributed by atoms with Crippen molar-refractivity contribution in [1.82, 2.24) is 30.7 Å². The molecule has 0 unspecified atom stereocenters. The lowest BCUT2D eigenvalue weighted by atomic mass is 9.98. The Bertz CT molecular complexity index is 1970. The number of halogens is 2. The first kappa shape index (κ1) is 43.7. The van der Waals surface area contributed by atoms with Crippen LogP contribution in [0.25, 0.3) is 0 Å². The number of carbonyl (C=O) groups is 7. The minimum Gasteiger partial charge on any atom is -0.497 e. The summed E-state index contributed by atoms with van der Waals surface area (Å²) in [4.78, 5) is 102. The molecule has 0 spiro atoms. The zero-order chi connectivity index (χ0) is 43.4. The molecule has 0 bridgehead atoms. The fourth-order valence-corrected chi connectivity index (χ4v) is 8.40. The van der Waals surface area contributed by atoms with E-state index in [0.29, 0.717) is 30.3 Å². The van der Waals surface area contributed by atoms with Gasteiger partial charge < -0.3 is 50.5 Å². The van der Waals surface area contributed by atoms with Gasteiger partial charge in [-0.3, -0.25) is 24.0 Å². The van der Waals surface area contributed by atoms with Crippen molar-refractivity contribution in [2.24, 2.45) is 5.92 Å². The molecule has 0 aliphatic carbocycles. The molecule has 4 saturated heterocycles. The first-order valence-corrected chi connectivity index (χ1v) is 20.1. The number of nitrogens with zero attached hydrogens (tertiary/aromatic N) is 3. The number of cyclic esters (lactones) is 1. The zero-order valence-electron chi connectivity index (χ0n) is 33.8. The lowest BCUT2D eigenvalue weighted by Gasteiger charge is -2.39. The number of nitrogens with one attached hydrogen (secondary N) is 4. The molecule has 0 aromatic heterocycles. The van der Waals surface area contributed by atoms with Crippen LogP contribution in [0.15, 0.2) is 42.5 Å². The number of rotatable bonds is 7. The monoisotopic (exact) mass is 839 g/mol. The lowest BCUT2D eigenvalue weighted by molar-refractivity contribution is -0.163. The van der Waals surface area contributed by atoms with Crippen LogP contribution in [-0.4, -0.2) is 137 Å². The summed E-state index contributed by atoms with van der Waals surface area (Å²) < 4.78 is 39.7. The molecule has 5 N–H and O–H groups in total. The van der Waals surface area contributed by atoms with Crippen molar-refractivity contribution in [2.45, 2.75) is 108 Å². The van der Waals surface area contributed by atoms with Gasteiger partial charge in [-0.2, -0.15) is 0 Å². The Morgan fingerprint density at radius 3 is 2.25 bits per heavy atom. The molecule has 17 nitrogen and oxygen atoms in total. The summed E-state index contributed by atoms with van der Waals surface area (Å²) in [7, 11) is 1.46. The molecule has 19 heteroatoms. The first-order chi connectivity index (χ1) is 28.5. The van der Waals surface area contributed by atoms with Crippen LogP contribution >= 0.6 is 0 Å². The molecule has 9 atom stereocenters. The van der Waals surface area contributed by atoms with Gasteiger partial charge in [0, 0.05) is 44.2 Å². The Morgan fingerprint density at radius 1 is 0.883 bits per heavy atom. The summed E-state index contributed by atoms with van der Waals surface area (Å²) in [5, 5.41) is 21.2. The molecule has 2 aromatic carbocycles. The number of aliphatic hydroxyl groups is 1. The molecular formula is C41H51F2N7O10. The SMILES string of the molecule is COc1ccc(NC(=O)N[C@@H](Cc2cc(F)cc(F)c2)C(=O)N[C@@H]2C(=O)N3C[C@H](O)C[C@H]3C(=O)N3CCCC[C@H]3C(=O)N[C@@H](C)C(=O)N3C[C@H](C)C[C@H]3C(=O)O[C@H]2C)cc1. The van der Waals surface area contributed by atoms with Crippen LogP contribution in [0.2, 0.25) is 0 Å². The highest BCUT2D eigenvalue weighted by Gasteiger charge is 2.49. The van der Waals surface area contributed by atoms with E-state index in [1.165, 1.54) is 42.9 Å². The molecule has 4 fully saturated rings. The molecular weight excluding hydrogens is 788 g/mol. The molecule has 0 radical (unpaired) electrons. The number of hydrogen-bond donors (Lipinski definition) is 5. The number of piperidine rings is 1. The van der Waals surface area contributed by atoms with Gasteiger partial charge in [-0.15, -0.1) is 0 Å². The van der Waals surface area contributed by atoms with Gasteiger partial charge in [-0.1, -0.05) is 6.92 Å². The van der Waals surface area contributed by atoms with Crippen LogP contribution in [0.5, 0.6) is 5.75 Å². The van der Waals surface area contributed by atoms with Gasteiger partial charge >= 0.3 is 12.0 Å². The number of benzene rings is 2. The van der Waals surface area contributed by atoms with E-state index in [0.717, 1.165) is 17.0 Å². The Hall–Kier alpha value is -5.85. The van der Waals surface area contributed by atoms with Gasteiger partial charge in [0.25, 0.3) is 0 Å². The summed E-state index contributed by atoms with van der Waals surface area (Å²) in [6, 6.07) is 0.0960. The summed E-state index contributed by atoms with van der Waals surface area (Å²) in [5.41, 5.74) is 0.279. The van der Waals surface area contributed by atoms with Gasteiger partial charge in [-0.25, -0.2) is 18.4 Å². The van der Waals surface area contributed by atoms with Crippen molar-refractivity contribution in [1.29, 1.82) is 0 Å². The number of anilines is 1. The molecule has 7 amide bonds. The molecule has 6 rings (SSSR count). The van der Waals surface area contributed by atoms with Crippen LogP contribution < -0.4 is 26.0 Å². The molecule has 0 saturated carbocycles. The quantitative estimate of drug-likeness (QED) is 0.252. The molecule has 324 valence electrons. The normalized spacial score (nSPS) is 28.2. The van der Waals surface area contributed by atoms with Gasteiger partial charge in [0.1, 0.15) is 59.7 Å². The van der Waals surface area contributed by atoms with Crippen LogP contribution in [0.1, 0.15) is 58.4 Å². The minimum absolute atomic E-state index is 0.0241. The summed E-state index contributed by atoms with van der Waals surface area (Å²) in [6.07, 6.45) is -1.67. The van der Waals surface area contributed by atoms with E-state index < -0.39 is 108 Å². The Balaban J connectivity index is 1.35. The van der Waals surface area contributed by atoms with Crippen LogP contribution in [-0.2, 0) is 39.9 Å². The maximum Gasteiger partial charge on any atom is 0.329 e. The molecule has 4 aliphatic rings. The standard InChI is InChI=1S/C41H51F2N7O10/c1-21-13-33-40(57)60-23(3)34(47-35(52)30(16-24-14-25(42)17-26(43)15-24)46-41(58)45-27-8-10-29(59-4)11-9-27)39(56)50-20-28(51)18-32(50)38(55)48-12-6-5-7-31(48)36(53)44-22(2)37(54)49(33)19-21/h8-11,14-15,17,21-23,28,30-34,51H,5-7,12-13,16,18-20H2,1-4H3,(H,44,53)(H,47,52)(H2,45,46,58)/t21-,22+,23+,28-,30+,31+,32+,33+,34+/m1/s1. The predicted octanol–water partition coefficient (Wildman–Crippen LogP) is 1.22. The predicted molar refractivity (Wildman–Crippen MR) is 209 cm³/mol. The highest BCUT2D eigenvalue weighted by atomic mass is 19.1. The van der Waals surface area contributed by atoms with Crippen molar-refractivity contribution >= 4 is 47.2 Å². The number of ether oxygens (including phenoxy) is 2. The third kappa shape index (κ3) is 9.94. The van der Waals surface area contributed by atoms with E-state index >= 15 is 0 Å². The van der Waals surface area contributed by atoms with Gasteiger partial charge in [-0.05, 0) is 87.4 Å². The Kier molecular flexibility index (Phi) is 13.6. The van der Waals surface area contributed by atoms with Crippen LogP contribution in [0, 0.1) is 17.6 Å². The number of carbonyl (C=O) groups excluding carboxylic acids is 7. The molecule has 4 heterocycles. The molecule has 60 heavy (non-hydrogen) atoms. The summed E-state index contributed by atoms with van der Waals surface area (Å²) >= 11 is 0. The number of esters is 1. The Morgan fingerprint density at radius 2 is 1.57 bits per heavy atom. The number of urea groups is 1. The average molecular weight is 840 g/mol. The fourth-order valence-electron chi connectivity index (χ4n) is 8.40. The van der Waals surface area contributed by atoms with Gasteiger partial charge in [0.15, 0.2) is 0 Å². The van der Waals surface area contributed by atoms with Gasteiger partial charge in [0.05, 0.1) is 13.2 Å². The van der Waals surface area contributed by atoms with Crippen molar-refractivity contribution in [3.8, 4) is 5.75 Å². The van der Waals surface area contributed by atoms with E-state index in [1.54, 1.807) is 12.1 Å². The third-order valence-corrected chi connectivity index (χ3v) is 11.4. The number of fused-ring (bicyclic) bond motifs is 3. The highest BCUT2D eigenvalue weighted by Crippen LogP contribution is 2.29. The van der Waals surface area contributed by atoms with Crippen molar-refractivity contribution in [3.05, 3.63) is 59.7 Å². The Labute approximate surface area is 345 Å². The van der Waals surface area contributed by atoms with E-state index in [4.69, 9.17) is 9.47 Å². The maximum atomic E-state index is 14.7. The second-order valence-electron chi connectivity index (χ2n) is 16.0. The number of amides is 7. The van der Waals surface area contributed by atoms with Crippen molar-refractivity contribution in [3.63, 3.8) is 0 Å². The molecule has 2 aromatic rings. The van der Waals surface area contributed by atoms with E-state index in [9.17, 15) is 47.4 Å². The zero-order valence-corrected chi connectivity index (χ0v) is 33.8. The van der Waals surface area contributed by atoms with Crippen molar-refractivity contribution in [2.75, 3.05) is 32.1 Å². The van der Waals surface area contributed by atoms with E-state index in [2.05, 4.69) is 21.3 Å². The number of hydrogen-bond acceptors (Lipinski definition) is 10. The van der Waals surface area contributed by atoms with Crippen molar-refractivity contribution < 1.29 is 56.9 Å². The lowest BCUT2D eigenvalue weighted by Crippen LogP contribution is -2.63. The number of aliphatic hydroxyl groups excluding tert-OH is 1. The topological polar surface area (TPSA) is 216 Å². The minimum atomic E-state index is -1.75. The maximum absolute atomic E-state index is 14.7. The molecule has 4 aliphatic heterocycles. The van der Waals surface area contributed by atoms with E-state index in [1.807, 2.05) is 6.92 Å². The third-order valence-electron chi connectivity index (χ3n) is 11.4. The first-order valence-electron chi connectivity index (χ1n) is 20.1. The second kappa shape index (κ2) is 18.6.